The number of hydrogen-bond donors (Lipinski definition) is 0. The second kappa shape index (κ2) is 11.4. The lowest BCUT2D eigenvalue weighted by Gasteiger charge is -2.18. The van der Waals surface area contributed by atoms with Gasteiger partial charge in [-0.1, -0.05) is 146 Å². The van der Waals surface area contributed by atoms with Gasteiger partial charge in [-0.2, -0.15) is 0 Å². The summed E-state index contributed by atoms with van der Waals surface area (Å²) in [6.07, 6.45) is 0. The van der Waals surface area contributed by atoms with Crippen molar-refractivity contribution >= 4 is 96.5 Å². The quantitative estimate of drug-likeness (QED) is 0.167. The fourth-order valence-electron chi connectivity index (χ4n) is 8.97. The first-order chi connectivity index (χ1) is 26.8. The van der Waals surface area contributed by atoms with Crippen LogP contribution in [0.25, 0.3) is 119 Å². The second-order valence-corrected chi connectivity index (χ2v) is 15.5. The Hall–Kier alpha value is -6.74. The van der Waals surface area contributed by atoms with Crippen molar-refractivity contribution in [1.82, 2.24) is 0 Å². The van der Waals surface area contributed by atoms with Gasteiger partial charge in [0.2, 0.25) is 0 Å². The van der Waals surface area contributed by atoms with E-state index < -0.39 is 0 Å². The molecule has 0 bridgehead atoms. The lowest BCUT2D eigenvalue weighted by Crippen LogP contribution is -1.91. The third-order valence-corrected chi connectivity index (χ3v) is 12.5. The summed E-state index contributed by atoms with van der Waals surface area (Å²) in [4.78, 5) is 0. The summed E-state index contributed by atoms with van der Waals surface area (Å²) >= 11 is 1.87. The molecule has 10 aromatic carbocycles. The van der Waals surface area contributed by atoms with E-state index in [1.54, 1.807) is 0 Å². The molecule has 0 spiro atoms. The lowest BCUT2D eigenvalue weighted by atomic mass is 9.85. The van der Waals surface area contributed by atoms with E-state index in [1.165, 1.54) is 102 Å². The third kappa shape index (κ3) is 4.32. The smallest absolute Gasteiger partial charge is 0.143 e. The number of hydrogen-bond acceptors (Lipinski definition) is 2. The van der Waals surface area contributed by atoms with Gasteiger partial charge in [0.1, 0.15) is 11.2 Å². The minimum absolute atomic E-state index is 0.932. The first-order valence-corrected chi connectivity index (χ1v) is 19.3. The molecule has 2 heterocycles. The maximum atomic E-state index is 6.58. The number of benzene rings is 10. The van der Waals surface area contributed by atoms with E-state index in [4.69, 9.17) is 4.42 Å². The Kier molecular flexibility index (Phi) is 6.28. The topological polar surface area (TPSA) is 13.1 Å². The average molecular weight is 703 g/mol. The van der Waals surface area contributed by atoms with Crippen LogP contribution in [0, 0.1) is 0 Å². The molecular formula is C52H30OS. The predicted molar refractivity (Wildman–Crippen MR) is 233 cm³/mol. The van der Waals surface area contributed by atoms with Crippen LogP contribution < -0.4 is 0 Å². The van der Waals surface area contributed by atoms with Gasteiger partial charge in [0.15, 0.2) is 0 Å². The molecule has 2 heteroatoms. The highest BCUT2D eigenvalue weighted by atomic mass is 32.1. The predicted octanol–water partition coefficient (Wildman–Crippen LogP) is 15.6. The van der Waals surface area contributed by atoms with Crippen molar-refractivity contribution in [3.8, 4) is 33.4 Å². The Labute approximate surface area is 314 Å². The maximum Gasteiger partial charge on any atom is 0.143 e. The fraction of sp³-hybridized carbons (Fsp3) is 0. The Morgan fingerprint density at radius 2 is 0.852 bits per heavy atom. The van der Waals surface area contributed by atoms with Gasteiger partial charge >= 0.3 is 0 Å². The van der Waals surface area contributed by atoms with Crippen molar-refractivity contribution in [1.29, 1.82) is 0 Å². The molecule has 12 rings (SSSR count). The van der Waals surface area contributed by atoms with Crippen molar-refractivity contribution in [2.24, 2.45) is 0 Å². The molecule has 0 N–H and O–H groups in total. The van der Waals surface area contributed by atoms with E-state index in [9.17, 15) is 0 Å². The monoisotopic (exact) mass is 702 g/mol. The lowest BCUT2D eigenvalue weighted by molar-refractivity contribution is 0.673. The summed E-state index contributed by atoms with van der Waals surface area (Å²) < 4.78 is 9.14. The molecule has 0 aliphatic carbocycles. The molecule has 0 aliphatic heterocycles. The molecular weight excluding hydrogens is 673 g/mol. The maximum absolute atomic E-state index is 6.58. The van der Waals surface area contributed by atoms with Gasteiger partial charge in [-0.3, -0.25) is 0 Å². The van der Waals surface area contributed by atoms with Gasteiger partial charge in [0, 0.05) is 36.3 Å². The van der Waals surface area contributed by atoms with Crippen molar-refractivity contribution in [3.05, 3.63) is 182 Å². The third-order valence-electron chi connectivity index (χ3n) is 11.4. The van der Waals surface area contributed by atoms with Gasteiger partial charge in [0.05, 0.1) is 0 Å². The normalized spacial score (nSPS) is 12.1. The molecule has 12 aromatic rings. The molecule has 0 amide bonds. The van der Waals surface area contributed by atoms with Crippen LogP contribution in [0.5, 0.6) is 0 Å². The first kappa shape index (κ1) is 29.8. The average Bonchev–Trinajstić information content (AvgIpc) is 3.81. The van der Waals surface area contributed by atoms with E-state index in [1.807, 2.05) is 17.4 Å². The minimum atomic E-state index is 0.932. The van der Waals surface area contributed by atoms with Crippen LogP contribution in [0.4, 0.5) is 0 Å². The summed E-state index contributed by atoms with van der Waals surface area (Å²) in [6, 6.07) is 66.7. The zero-order chi connectivity index (χ0) is 35.3. The van der Waals surface area contributed by atoms with Gasteiger partial charge in [0.25, 0.3) is 0 Å². The molecule has 1 nitrogen and oxygen atoms in total. The number of rotatable bonds is 3. The fourth-order valence-corrected chi connectivity index (χ4v) is 10.1. The molecule has 0 aliphatic rings. The van der Waals surface area contributed by atoms with Gasteiger partial charge in [-0.05, 0) is 107 Å². The van der Waals surface area contributed by atoms with Gasteiger partial charge < -0.3 is 4.42 Å². The minimum Gasteiger partial charge on any atom is -0.455 e. The van der Waals surface area contributed by atoms with E-state index in [0.29, 0.717) is 0 Å². The zero-order valence-electron chi connectivity index (χ0n) is 29.1. The molecule has 0 radical (unpaired) electrons. The number of fused-ring (bicyclic) bond motifs is 12. The summed E-state index contributed by atoms with van der Waals surface area (Å²) in [5.41, 5.74) is 9.41. The highest BCUT2D eigenvalue weighted by Crippen LogP contribution is 2.47. The standard InChI is InChI=1S/C52H30OS/c1-2-10-31(11-3-1)33-18-19-35-29-36(21-20-34(35)28-33)48-39-13-4-6-15-41(39)49(42-16-7-5-14-40(42)48)37-23-26-44-47(30-37)54-46-27-24-32-22-25-43-38-12-8-9-17-45(38)53-52(43)50(32)51(44)46/h1-30H. The summed E-state index contributed by atoms with van der Waals surface area (Å²) in [5, 5.41) is 14.8. The number of furan rings is 1. The van der Waals surface area contributed by atoms with Crippen LogP contribution >= 0.6 is 11.3 Å². The Balaban J connectivity index is 1.07. The molecule has 54 heavy (non-hydrogen) atoms. The van der Waals surface area contributed by atoms with Crippen molar-refractivity contribution in [2.75, 3.05) is 0 Å². The molecule has 250 valence electrons. The zero-order valence-corrected chi connectivity index (χ0v) is 30.0. The molecule has 0 saturated heterocycles. The summed E-state index contributed by atoms with van der Waals surface area (Å²) in [6.45, 7) is 0. The first-order valence-electron chi connectivity index (χ1n) is 18.5. The second-order valence-electron chi connectivity index (χ2n) is 14.4. The summed E-state index contributed by atoms with van der Waals surface area (Å²) in [7, 11) is 0. The highest BCUT2D eigenvalue weighted by Gasteiger charge is 2.20. The number of thiophene rings is 1. The van der Waals surface area contributed by atoms with Crippen LogP contribution in [0.1, 0.15) is 0 Å². The van der Waals surface area contributed by atoms with Crippen molar-refractivity contribution in [2.45, 2.75) is 0 Å². The van der Waals surface area contributed by atoms with Crippen LogP contribution in [0.3, 0.4) is 0 Å². The highest BCUT2D eigenvalue weighted by molar-refractivity contribution is 7.26. The van der Waals surface area contributed by atoms with Gasteiger partial charge in [-0.15, -0.1) is 11.3 Å². The van der Waals surface area contributed by atoms with Crippen LogP contribution in [-0.4, -0.2) is 0 Å². The molecule has 0 atom stereocenters. The Morgan fingerprint density at radius 1 is 0.315 bits per heavy atom. The van der Waals surface area contributed by atoms with E-state index >= 15 is 0 Å². The Bertz CT molecular complexity index is 3440. The van der Waals surface area contributed by atoms with Crippen LogP contribution in [0.15, 0.2) is 186 Å². The largest absolute Gasteiger partial charge is 0.455 e. The SMILES string of the molecule is c1ccc(-c2ccc3cc(-c4c5ccccc5c(-c5ccc6c(c5)sc5ccc7ccc8c9ccccc9oc8c7c56)c5ccccc45)ccc3c2)cc1. The Morgan fingerprint density at radius 3 is 1.57 bits per heavy atom. The molecule has 2 aromatic heterocycles. The van der Waals surface area contributed by atoms with Crippen molar-refractivity contribution in [3.63, 3.8) is 0 Å². The van der Waals surface area contributed by atoms with Crippen LogP contribution in [0.2, 0.25) is 0 Å². The molecule has 0 saturated carbocycles. The van der Waals surface area contributed by atoms with E-state index in [-0.39, 0.29) is 0 Å². The van der Waals surface area contributed by atoms with E-state index in [0.717, 1.165) is 16.6 Å². The number of para-hydroxylation sites is 1. The molecule has 0 fully saturated rings. The molecule has 0 unspecified atom stereocenters. The van der Waals surface area contributed by atoms with Crippen molar-refractivity contribution < 1.29 is 4.42 Å². The summed E-state index contributed by atoms with van der Waals surface area (Å²) in [5.74, 6) is 0. The van der Waals surface area contributed by atoms with Crippen LogP contribution in [-0.2, 0) is 0 Å². The van der Waals surface area contributed by atoms with E-state index in [2.05, 4.69) is 176 Å². The van der Waals surface area contributed by atoms with Gasteiger partial charge in [-0.25, -0.2) is 0 Å².